The van der Waals surface area contributed by atoms with E-state index in [4.69, 9.17) is 4.74 Å². The minimum Gasteiger partial charge on any atom is -0.371 e. The molecule has 1 saturated heterocycles. The topological polar surface area (TPSA) is 42.7 Å². The predicted molar refractivity (Wildman–Crippen MR) is 92.9 cm³/mol. The normalized spacial score (nSPS) is 19.0. The quantitative estimate of drug-likeness (QED) is 0.743. The van der Waals surface area contributed by atoms with Gasteiger partial charge in [0.15, 0.2) is 5.65 Å². The molecule has 5 heteroatoms. The summed E-state index contributed by atoms with van der Waals surface area (Å²) in [6, 6.07) is 6.61. The molecular formula is C19H22N4O. The van der Waals surface area contributed by atoms with Gasteiger partial charge in [-0.1, -0.05) is 23.8 Å². The lowest BCUT2D eigenvalue weighted by molar-refractivity contribution is -0.0336. The molecule has 5 nitrogen and oxygen atoms in total. The molecule has 1 fully saturated rings. The van der Waals surface area contributed by atoms with E-state index in [1.165, 1.54) is 22.4 Å². The van der Waals surface area contributed by atoms with Gasteiger partial charge in [-0.2, -0.15) is 0 Å². The van der Waals surface area contributed by atoms with Gasteiger partial charge in [-0.25, -0.2) is 4.98 Å². The molecule has 0 unspecified atom stereocenters. The second-order valence-corrected chi connectivity index (χ2v) is 6.51. The van der Waals surface area contributed by atoms with Crippen molar-refractivity contribution in [3.8, 4) is 0 Å². The Morgan fingerprint density at radius 1 is 1.25 bits per heavy atom. The summed E-state index contributed by atoms with van der Waals surface area (Å²) >= 11 is 0. The van der Waals surface area contributed by atoms with Gasteiger partial charge in [0.2, 0.25) is 0 Å². The predicted octanol–water partition coefficient (Wildman–Crippen LogP) is 2.92. The molecule has 0 aliphatic carbocycles. The Morgan fingerprint density at radius 2 is 2.17 bits per heavy atom. The second kappa shape index (κ2) is 6.34. The Hall–Kier alpha value is -2.24. The Kier molecular flexibility index (Phi) is 4.04. The molecule has 3 aromatic rings. The summed E-state index contributed by atoms with van der Waals surface area (Å²) in [6.45, 7) is 7.78. The molecular weight excluding hydrogens is 300 g/mol. The number of aryl methyl sites for hydroxylation is 2. The lowest BCUT2D eigenvalue weighted by Gasteiger charge is -2.33. The van der Waals surface area contributed by atoms with Crippen molar-refractivity contribution in [2.75, 3.05) is 19.7 Å². The van der Waals surface area contributed by atoms with Gasteiger partial charge in [0.25, 0.3) is 0 Å². The number of hydrogen-bond acceptors (Lipinski definition) is 4. The number of ether oxygens (including phenoxy) is 1. The zero-order valence-corrected chi connectivity index (χ0v) is 14.1. The molecule has 0 N–H and O–H groups in total. The number of morpholine rings is 1. The third-order valence-corrected chi connectivity index (χ3v) is 4.70. The van der Waals surface area contributed by atoms with Crippen LogP contribution in [-0.4, -0.2) is 39.0 Å². The largest absolute Gasteiger partial charge is 0.371 e. The summed E-state index contributed by atoms with van der Waals surface area (Å²) in [5.41, 5.74) is 5.99. The molecule has 0 saturated carbocycles. The van der Waals surface area contributed by atoms with Gasteiger partial charge in [0, 0.05) is 32.0 Å². The summed E-state index contributed by atoms with van der Waals surface area (Å²) in [7, 11) is 0. The summed E-state index contributed by atoms with van der Waals surface area (Å²) in [5.74, 6) is 0. The van der Waals surface area contributed by atoms with E-state index < -0.39 is 0 Å². The van der Waals surface area contributed by atoms with Crippen LogP contribution in [0.3, 0.4) is 0 Å². The molecule has 1 atom stereocenters. The number of fused-ring (bicyclic) bond motifs is 1. The third-order valence-electron chi connectivity index (χ3n) is 4.70. The molecule has 0 spiro atoms. The Morgan fingerprint density at radius 3 is 3.04 bits per heavy atom. The van der Waals surface area contributed by atoms with Gasteiger partial charge in [0.05, 0.1) is 30.8 Å². The highest BCUT2D eigenvalue weighted by Crippen LogP contribution is 2.26. The Balaban J connectivity index is 1.52. The summed E-state index contributed by atoms with van der Waals surface area (Å²) in [5, 5.41) is 0. The molecule has 2 aromatic heterocycles. The maximum atomic E-state index is 6.05. The third kappa shape index (κ3) is 2.92. The number of hydrogen-bond donors (Lipinski definition) is 0. The van der Waals surface area contributed by atoms with Gasteiger partial charge in [-0.3, -0.25) is 14.3 Å². The van der Waals surface area contributed by atoms with Crippen molar-refractivity contribution < 1.29 is 4.74 Å². The van der Waals surface area contributed by atoms with Crippen molar-refractivity contribution in [2.45, 2.75) is 26.5 Å². The number of benzene rings is 1. The number of imidazole rings is 1. The standard InChI is InChI=1S/C19H22N4O/c1-14-3-4-17(15(2)9-14)18-13-22(7-8-24-18)12-16-10-21-19-11-20-5-6-23(16)19/h3-6,9-11,18H,7-8,12-13H2,1-2H3/t18-/m1/s1. The van der Waals surface area contributed by atoms with Crippen molar-refractivity contribution in [2.24, 2.45) is 0 Å². The van der Waals surface area contributed by atoms with Gasteiger partial charge in [-0.15, -0.1) is 0 Å². The van der Waals surface area contributed by atoms with Crippen LogP contribution in [0.5, 0.6) is 0 Å². The van der Waals surface area contributed by atoms with Crippen molar-refractivity contribution in [1.29, 1.82) is 0 Å². The van der Waals surface area contributed by atoms with Gasteiger partial charge >= 0.3 is 0 Å². The number of nitrogens with zero attached hydrogens (tertiary/aromatic N) is 4. The highest BCUT2D eigenvalue weighted by atomic mass is 16.5. The summed E-state index contributed by atoms with van der Waals surface area (Å²) in [6.07, 6.45) is 7.65. The molecule has 0 bridgehead atoms. The summed E-state index contributed by atoms with van der Waals surface area (Å²) < 4.78 is 8.15. The number of aromatic nitrogens is 3. The van der Waals surface area contributed by atoms with Crippen molar-refractivity contribution >= 4 is 5.65 Å². The van der Waals surface area contributed by atoms with Crippen LogP contribution in [0.4, 0.5) is 0 Å². The van der Waals surface area contributed by atoms with Crippen LogP contribution in [-0.2, 0) is 11.3 Å². The van der Waals surface area contributed by atoms with E-state index in [2.05, 4.69) is 51.3 Å². The van der Waals surface area contributed by atoms with Crippen LogP contribution >= 0.6 is 0 Å². The van der Waals surface area contributed by atoms with Crippen LogP contribution < -0.4 is 0 Å². The minimum atomic E-state index is 0.139. The lowest BCUT2D eigenvalue weighted by atomic mass is 10.00. The first-order chi connectivity index (χ1) is 11.7. The molecule has 1 aliphatic rings. The van der Waals surface area contributed by atoms with Crippen molar-refractivity contribution in [1.82, 2.24) is 19.3 Å². The SMILES string of the molecule is Cc1ccc([C@H]2CN(Cc3cnc4cnccn34)CCO2)c(C)c1. The highest BCUT2D eigenvalue weighted by molar-refractivity contribution is 5.37. The van der Waals surface area contributed by atoms with Crippen molar-refractivity contribution in [3.05, 3.63) is 65.4 Å². The fourth-order valence-electron chi connectivity index (χ4n) is 3.46. The van der Waals surface area contributed by atoms with Crippen LogP contribution in [0.15, 0.2) is 43.0 Å². The van der Waals surface area contributed by atoms with E-state index in [0.717, 1.165) is 31.9 Å². The Bertz CT molecular complexity index is 857. The van der Waals surface area contributed by atoms with Gasteiger partial charge in [0.1, 0.15) is 0 Å². The second-order valence-electron chi connectivity index (χ2n) is 6.51. The average molecular weight is 322 g/mol. The summed E-state index contributed by atoms with van der Waals surface area (Å²) in [4.78, 5) is 11.0. The van der Waals surface area contributed by atoms with Crippen molar-refractivity contribution in [3.63, 3.8) is 0 Å². The van der Waals surface area contributed by atoms with Gasteiger partial charge < -0.3 is 4.74 Å². The molecule has 0 radical (unpaired) electrons. The molecule has 4 rings (SSSR count). The lowest BCUT2D eigenvalue weighted by Crippen LogP contribution is -2.38. The van der Waals surface area contributed by atoms with E-state index >= 15 is 0 Å². The van der Waals surface area contributed by atoms with E-state index in [-0.39, 0.29) is 6.10 Å². The van der Waals surface area contributed by atoms with Crippen LogP contribution in [0, 0.1) is 13.8 Å². The van der Waals surface area contributed by atoms with E-state index in [1.807, 2.05) is 12.4 Å². The van der Waals surface area contributed by atoms with Crippen LogP contribution in [0.2, 0.25) is 0 Å². The molecule has 1 aliphatic heterocycles. The fourth-order valence-corrected chi connectivity index (χ4v) is 3.46. The zero-order valence-electron chi connectivity index (χ0n) is 14.1. The zero-order chi connectivity index (χ0) is 16.5. The fraction of sp³-hybridized carbons (Fsp3) is 0.368. The molecule has 1 aromatic carbocycles. The van der Waals surface area contributed by atoms with E-state index in [0.29, 0.717) is 0 Å². The molecule has 0 amide bonds. The smallest absolute Gasteiger partial charge is 0.155 e. The van der Waals surface area contributed by atoms with Crippen LogP contribution in [0.25, 0.3) is 5.65 Å². The van der Waals surface area contributed by atoms with Gasteiger partial charge in [-0.05, 0) is 25.0 Å². The monoisotopic (exact) mass is 322 g/mol. The highest BCUT2D eigenvalue weighted by Gasteiger charge is 2.24. The minimum absolute atomic E-state index is 0.139. The van der Waals surface area contributed by atoms with E-state index in [9.17, 15) is 0 Å². The maximum Gasteiger partial charge on any atom is 0.155 e. The molecule has 24 heavy (non-hydrogen) atoms. The van der Waals surface area contributed by atoms with Crippen LogP contribution in [0.1, 0.15) is 28.5 Å². The molecule has 3 heterocycles. The van der Waals surface area contributed by atoms with E-state index in [1.54, 1.807) is 12.4 Å². The Labute approximate surface area is 141 Å². The number of rotatable bonds is 3. The maximum absolute atomic E-state index is 6.05. The first-order valence-corrected chi connectivity index (χ1v) is 8.38. The first kappa shape index (κ1) is 15.3. The first-order valence-electron chi connectivity index (χ1n) is 8.38. The molecule has 124 valence electrons. The average Bonchev–Trinajstić information content (AvgIpc) is 2.98.